The molecule has 0 saturated carbocycles. The minimum Gasteiger partial charge on any atom is -0.428 e. The average molecular weight is 722 g/mol. The third-order valence-corrected chi connectivity index (χ3v) is 7.17. The van der Waals surface area contributed by atoms with Gasteiger partial charge >= 0.3 is 5.97 Å². The van der Waals surface area contributed by atoms with E-state index in [1.807, 2.05) is 99.4 Å². The van der Waals surface area contributed by atoms with Gasteiger partial charge in [-0.25, -0.2) is 4.79 Å². The Morgan fingerprint density at radius 1 is 0.808 bits per heavy atom. The highest BCUT2D eigenvalue weighted by Gasteiger charge is 2.28. The summed E-state index contributed by atoms with van der Waals surface area (Å²) in [6, 6.07) is 37.3. The Balaban J connectivity index is 0.000000630. The molecule has 5 rings (SSSR count). The minimum absolute atomic E-state index is 0. The topological polar surface area (TPSA) is 193 Å². The molecular weight excluding hydrogens is 671 g/mol. The second-order valence-electron chi connectivity index (χ2n) is 12.0. The number of nitrogens with zero attached hydrogens (tertiary/aromatic N) is 9. The first-order valence-electron chi connectivity index (χ1n) is 16.4. The van der Waals surface area contributed by atoms with Crippen molar-refractivity contribution in [2.24, 2.45) is 15.0 Å². The number of aryl methyl sites for hydroxylation is 1. The molecule has 2 unspecified atom stereocenters. The van der Waals surface area contributed by atoms with Gasteiger partial charge in [0, 0.05) is 28.0 Å². The number of cyclic esters (lactones) is 1. The highest BCUT2D eigenvalue weighted by molar-refractivity contribution is 6.74. The Hall–Kier alpha value is -5.80. The van der Waals surface area contributed by atoms with Gasteiger partial charge in [-0.1, -0.05) is 159 Å². The van der Waals surface area contributed by atoms with Crippen molar-refractivity contribution in [1.82, 2.24) is 0 Å². The summed E-state index contributed by atoms with van der Waals surface area (Å²) >= 11 is 0. The number of benzene rings is 4. The van der Waals surface area contributed by atoms with E-state index in [1.165, 1.54) is 16.7 Å². The largest absolute Gasteiger partial charge is 0.428 e. The molecule has 0 fully saturated rings. The third kappa shape index (κ3) is 22.0. The van der Waals surface area contributed by atoms with Crippen LogP contribution in [0.25, 0.3) is 31.3 Å². The quantitative estimate of drug-likeness (QED) is 0.0324. The number of ether oxygens (including phenoxy) is 1. The molecule has 0 radical (unpaired) electrons. The first kappa shape index (κ1) is 46.2. The van der Waals surface area contributed by atoms with Gasteiger partial charge in [0.25, 0.3) is 0 Å². The summed E-state index contributed by atoms with van der Waals surface area (Å²) in [6.07, 6.45) is 4.54. The van der Waals surface area contributed by atoms with E-state index in [0.29, 0.717) is 17.7 Å². The van der Waals surface area contributed by atoms with Gasteiger partial charge in [0.1, 0.15) is 8.24 Å². The van der Waals surface area contributed by atoms with E-state index in [9.17, 15) is 4.79 Å². The van der Waals surface area contributed by atoms with Crippen LogP contribution in [0.15, 0.2) is 143 Å². The predicted molar refractivity (Wildman–Crippen MR) is 214 cm³/mol. The van der Waals surface area contributed by atoms with Crippen LogP contribution < -0.4 is 0 Å². The van der Waals surface area contributed by atoms with E-state index < -0.39 is 20.5 Å². The van der Waals surface area contributed by atoms with Crippen LogP contribution in [0.4, 0.5) is 0 Å². The zero-order chi connectivity index (χ0) is 37.7. The summed E-state index contributed by atoms with van der Waals surface area (Å²) in [6.45, 7) is 12.1. The Bertz CT molecular complexity index is 1720. The second-order valence-corrected chi connectivity index (χ2v) is 16.5. The molecule has 0 spiro atoms. The number of carbonyl (C=O) groups excluding carboxylic acids is 1. The van der Waals surface area contributed by atoms with Crippen LogP contribution in [-0.4, -0.2) is 31.9 Å². The van der Waals surface area contributed by atoms with Crippen molar-refractivity contribution in [2.75, 3.05) is 6.54 Å². The minimum atomic E-state index is -1.45. The molecule has 2 atom stereocenters. The van der Waals surface area contributed by atoms with Crippen LogP contribution in [-0.2, 0) is 24.0 Å². The number of hydrogen-bond donors (Lipinski definition) is 1. The monoisotopic (exact) mass is 721 g/mol. The number of rotatable bonds is 10. The first-order chi connectivity index (χ1) is 24.5. The van der Waals surface area contributed by atoms with Crippen LogP contribution >= 0.6 is 0 Å². The van der Waals surface area contributed by atoms with Crippen LogP contribution in [0.3, 0.4) is 0 Å². The lowest BCUT2D eigenvalue weighted by atomic mass is 10.1. The molecular formula is C39H51N9O3Si. The zero-order valence-corrected chi connectivity index (χ0v) is 30.7. The first-order valence-corrected chi connectivity index (χ1v) is 19.8. The van der Waals surface area contributed by atoms with Crippen molar-refractivity contribution in [3.05, 3.63) is 187 Å². The lowest BCUT2D eigenvalue weighted by molar-refractivity contribution is -0.0547. The number of aliphatic hydroxyl groups excluding tert-OH is 1. The van der Waals surface area contributed by atoms with Crippen molar-refractivity contribution in [1.29, 1.82) is 0 Å². The molecule has 4 aromatic rings. The number of carbonyl (C=O) groups is 1. The van der Waals surface area contributed by atoms with Crippen LogP contribution in [0.1, 0.15) is 59.7 Å². The molecule has 0 aromatic heterocycles. The molecule has 0 saturated heterocycles. The summed E-state index contributed by atoms with van der Waals surface area (Å²) in [5.41, 5.74) is 28.9. The van der Waals surface area contributed by atoms with E-state index in [2.05, 4.69) is 65.3 Å². The molecule has 1 N–H and O–H groups in total. The molecule has 12 nitrogen and oxygen atoms in total. The lowest BCUT2D eigenvalue weighted by Crippen LogP contribution is -2.13. The standard InChI is InChI=1S/2C9H11N3.C9H10.C8H6O3.C3H9N3Si.CH4/c1-8(11-12-10)7-9-5-3-2-4-6-9;10-12-11-8-4-7-9-5-2-1-3-6-9;1-2-6-9-7-4-3-5-8-9;9-7-5-3-1-2-4-6(5)8(10)11-7;1-7(2,3)6-5-4;/h2-6,8H,7H2,1H3;1-3,5-6H,4,7-8H2;2-5,7-8H,1,6H2;1-4,7,9H;1-3H3;1H4. The molecule has 52 heavy (non-hydrogen) atoms. The number of esters is 1. The van der Waals surface area contributed by atoms with Gasteiger partial charge in [-0.05, 0) is 69.9 Å². The van der Waals surface area contributed by atoms with Gasteiger partial charge < -0.3 is 9.84 Å². The van der Waals surface area contributed by atoms with Gasteiger partial charge in [0.2, 0.25) is 6.29 Å². The fourth-order valence-corrected chi connectivity index (χ4v) is 4.44. The summed E-state index contributed by atoms with van der Waals surface area (Å²) in [4.78, 5) is 19.0. The highest BCUT2D eigenvalue weighted by atomic mass is 28.3. The van der Waals surface area contributed by atoms with E-state index in [4.69, 9.17) is 21.7 Å². The Labute approximate surface area is 308 Å². The maximum Gasteiger partial charge on any atom is 0.341 e. The van der Waals surface area contributed by atoms with Gasteiger partial charge in [-0.3, -0.25) is 0 Å². The molecule has 0 aliphatic carbocycles. The third-order valence-electron chi connectivity index (χ3n) is 6.49. The van der Waals surface area contributed by atoms with Gasteiger partial charge in [-0.2, -0.15) is 0 Å². The summed E-state index contributed by atoms with van der Waals surface area (Å²) in [5, 5.41) is 16.2. The van der Waals surface area contributed by atoms with Crippen molar-refractivity contribution in [2.45, 2.75) is 72.0 Å². The summed E-state index contributed by atoms with van der Waals surface area (Å²) < 4.78 is 8.12. The van der Waals surface area contributed by atoms with Crippen molar-refractivity contribution >= 4 is 14.2 Å². The van der Waals surface area contributed by atoms with Crippen molar-refractivity contribution in [3.8, 4) is 0 Å². The molecule has 1 aliphatic rings. The Morgan fingerprint density at radius 2 is 1.33 bits per heavy atom. The fourth-order valence-electron chi connectivity index (χ4n) is 4.17. The van der Waals surface area contributed by atoms with E-state index >= 15 is 0 Å². The summed E-state index contributed by atoms with van der Waals surface area (Å²) in [5.74, 6) is -0.451. The van der Waals surface area contributed by atoms with Crippen LogP contribution in [0.5, 0.6) is 0 Å². The molecule has 4 aromatic carbocycles. The fraction of sp³-hybridized carbons (Fsp3) is 0.308. The molecule has 0 bridgehead atoms. The van der Waals surface area contributed by atoms with E-state index in [-0.39, 0.29) is 13.5 Å². The van der Waals surface area contributed by atoms with Crippen LogP contribution in [0, 0.1) is 0 Å². The number of azide groups is 3. The average Bonchev–Trinajstić information content (AvgIpc) is 3.41. The highest BCUT2D eigenvalue weighted by Crippen LogP contribution is 2.27. The molecule has 1 aliphatic heterocycles. The SMILES string of the molecule is C.C=CCc1ccccc1.CC(Cc1ccccc1)N=[N+]=[N-].C[Si](C)(C)N=[N+]=[N-].O=C1OC(O)c2ccccc21.[N-]=[N+]=NCCCc1ccccc1. The van der Waals surface area contributed by atoms with Crippen LogP contribution in [0.2, 0.25) is 19.6 Å². The van der Waals surface area contributed by atoms with Crippen molar-refractivity contribution in [3.63, 3.8) is 0 Å². The molecule has 1 heterocycles. The van der Waals surface area contributed by atoms with Gasteiger partial charge in [-0.15, -0.1) is 11.4 Å². The normalized spacial score (nSPS) is 12.2. The number of hydrogen-bond acceptors (Lipinski definition) is 6. The zero-order valence-electron chi connectivity index (χ0n) is 29.7. The number of aliphatic hydroxyl groups is 1. The Morgan fingerprint density at radius 3 is 1.79 bits per heavy atom. The van der Waals surface area contributed by atoms with E-state index in [0.717, 1.165) is 25.7 Å². The van der Waals surface area contributed by atoms with Gasteiger partial charge in [0.15, 0.2) is 0 Å². The molecule has 13 heteroatoms. The van der Waals surface area contributed by atoms with Crippen molar-refractivity contribution < 1.29 is 14.6 Å². The number of allylic oxidation sites excluding steroid dienone is 1. The lowest BCUT2D eigenvalue weighted by Gasteiger charge is -2.02. The Kier molecular flexibility index (Phi) is 24.8. The molecule has 0 amide bonds. The maximum absolute atomic E-state index is 10.9. The smallest absolute Gasteiger partial charge is 0.341 e. The van der Waals surface area contributed by atoms with E-state index in [1.54, 1.807) is 24.3 Å². The predicted octanol–water partition coefficient (Wildman–Crippen LogP) is 11.9. The molecule has 274 valence electrons. The second kappa shape index (κ2) is 28.0. The maximum atomic E-state index is 10.9. The van der Waals surface area contributed by atoms with Gasteiger partial charge in [0.05, 0.1) is 5.56 Å². The number of fused-ring (bicyclic) bond motifs is 1. The summed E-state index contributed by atoms with van der Waals surface area (Å²) in [7, 11) is -1.45.